The maximum Gasteiger partial charge on any atom is 0.249 e. The largest absolute Gasteiger partial charge is 0.394 e. The van der Waals surface area contributed by atoms with Crippen LogP contribution in [0.5, 0.6) is 0 Å². The van der Waals surface area contributed by atoms with Crippen molar-refractivity contribution in [2.24, 2.45) is 0 Å². The fourth-order valence-electron chi connectivity index (χ4n) is 5.30. The van der Waals surface area contributed by atoms with Gasteiger partial charge in [0.1, 0.15) is 36.6 Å². The second-order valence-electron chi connectivity index (χ2n) is 12.2. The first-order chi connectivity index (χ1) is 21.2. The number of allylic oxidation sites excluding steroid dienone is 2. The SMILES string of the molecule is CCCC/C=C\CCCCCC(O)C(=O)NC(COC1OC(CO)C(O)C(O)C1O)C(O)C(O)CCCCCCCCCC. The average Bonchev–Trinajstić information content (AvgIpc) is 3.02. The zero-order valence-electron chi connectivity index (χ0n) is 27.1. The fourth-order valence-corrected chi connectivity index (χ4v) is 5.30. The van der Waals surface area contributed by atoms with Gasteiger partial charge in [-0.25, -0.2) is 0 Å². The molecule has 0 bridgehead atoms. The molecule has 0 spiro atoms. The van der Waals surface area contributed by atoms with Crippen LogP contribution in [0.2, 0.25) is 0 Å². The minimum absolute atomic E-state index is 0.239. The van der Waals surface area contributed by atoms with Gasteiger partial charge in [-0.05, 0) is 32.1 Å². The van der Waals surface area contributed by atoms with Crippen LogP contribution in [0, 0.1) is 0 Å². The van der Waals surface area contributed by atoms with Gasteiger partial charge in [-0.15, -0.1) is 0 Å². The number of unbranched alkanes of at least 4 members (excludes halogenated alkanes) is 12. The molecule has 260 valence electrons. The van der Waals surface area contributed by atoms with Crippen molar-refractivity contribution in [2.75, 3.05) is 13.2 Å². The van der Waals surface area contributed by atoms with Crippen LogP contribution in [-0.2, 0) is 14.3 Å². The third-order valence-corrected chi connectivity index (χ3v) is 8.32. The number of nitrogens with one attached hydrogen (secondary N) is 1. The van der Waals surface area contributed by atoms with Crippen LogP contribution < -0.4 is 5.32 Å². The Labute approximate surface area is 264 Å². The Morgan fingerprint density at radius 2 is 1.34 bits per heavy atom. The second-order valence-corrected chi connectivity index (χ2v) is 12.2. The van der Waals surface area contributed by atoms with Crippen molar-refractivity contribution in [2.45, 2.75) is 178 Å². The number of rotatable bonds is 26. The number of carbonyl (C=O) groups is 1. The van der Waals surface area contributed by atoms with Gasteiger partial charge in [-0.2, -0.15) is 0 Å². The number of carbonyl (C=O) groups excluding carboxylic acids is 1. The second kappa shape index (κ2) is 25.0. The van der Waals surface area contributed by atoms with Crippen LogP contribution in [0.15, 0.2) is 12.2 Å². The van der Waals surface area contributed by atoms with Crippen LogP contribution >= 0.6 is 0 Å². The highest BCUT2D eigenvalue weighted by atomic mass is 16.7. The zero-order valence-corrected chi connectivity index (χ0v) is 27.1. The lowest BCUT2D eigenvalue weighted by atomic mass is 9.98. The molecule has 1 amide bonds. The summed E-state index contributed by atoms with van der Waals surface area (Å²) in [6.45, 7) is 3.27. The van der Waals surface area contributed by atoms with Crippen molar-refractivity contribution in [3.05, 3.63) is 12.2 Å². The lowest BCUT2D eigenvalue weighted by Crippen LogP contribution is -2.60. The Bertz CT molecular complexity index is 739. The van der Waals surface area contributed by atoms with Gasteiger partial charge < -0.3 is 50.5 Å². The molecule has 1 aliphatic rings. The molecule has 9 atom stereocenters. The van der Waals surface area contributed by atoms with Crippen LogP contribution in [0.3, 0.4) is 0 Å². The van der Waals surface area contributed by atoms with Gasteiger partial charge in [-0.3, -0.25) is 4.79 Å². The first-order valence-corrected chi connectivity index (χ1v) is 17.1. The number of aliphatic hydroxyl groups is 7. The number of hydrogen-bond donors (Lipinski definition) is 8. The lowest BCUT2D eigenvalue weighted by Gasteiger charge is -2.40. The molecule has 0 aliphatic carbocycles. The van der Waals surface area contributed by atoms with Gasteiger partial charge in [0, 0.05) is 0 Å². The van der Waals surface area contributed by atoms with Crippen LogP contribution in [0.4, 0.5) is 0 Å². The maximum absolute atomic E-state index is 12.9. The van der Waals surface area contributed by atoms with Crippen LogP contribution in [0.1, 0.15) is 123 Å². The highest BCUT2D eigenvalue weighted by Gasteiger charge is 2.44. The molecule has 0 aromatic rings. The first kappa shape index (κ1) is 40.9. The molecule has 8 N–H and O–H groups in total. The van der Waals surface area contributed by atoms with E-state index in [1.807, 2.05) is 0 Å². The van der Waals surface area contributed by atoms with Crippen molar-refractivity contribution in [1.29, 1.82) is 0 Å². The van der Waals surface area contributed by atoms with E-state index in [9.17, 15) is 40.5 Å². The monoisotopic (exact) mass is 633 g/mol. The van der Waals surface area contributed by atoms with Crippen molar-refractivity contribution in [3.63, 3.8) is 0 Å². The van der Waals surface area contributed by atoms with E-state index >= 15 is 0 Å². The molecule has 11 heteroatoms. The molecular formula is C33H63NO10. The summed E-state index contributed by atoms with van der Waals surface area (Å²) < 4.78 is 11.0. The lowest BCUT2D eigenvalue weighted by molar-refractivity contribution is -0.303. The van der Waals surface area contributed by atoms with E-state index < -0.39 is 74.2 Å². The number of hydrogen-bond acceptors (Lipinski definition) is 10. The van der Waals surface area contributed by atoms with Gasteiger partial charge in [-0.1, -0.05) is 103 Å². The summed E-state index contributed by atoms with van der Waals surface area (Å²) in [7, 11) is 0. The number of ether oxygens (including phenoxy) is 2. The highest BCUT2D eigenvalue weighted by molar-refractivity contribution is 5.80. The molecule has 0 aromatic carbocycles. The molecule has 1 fully saturated rings. The molecule has 44 heavy (non-hydrogen) atoms. The van der Waals surface area contributed by atoms with E-state index in [0.717, 1.165) is 44.9 Å². The Balaban J connectivity index is 2.67. The molecule has 11 nitrogen and oxygen atoms in total. The van der Waals surface area contributed by atoms with Crippen molar-refractivity contribution in [1.82, 2.24) is 5.32 Å². The summed E-state index contributed by atoms with van der Waals surface area (Å²) in [4.78, 5) is 12.9. The fraction of sp³-hybridized carbons (Fsp3) is 0.909. The van der Waals surface area contributed by atoms with Crippen molar-refractivity contribution >= 4 is 5.91 Å². The maximum atomic E-state index is 12.9. The van der Waals surface area contributed by atoms with Crippen LogP contribution in [-0.4, -0.2) is 110 Å². The molecular weight excluding hydrogens is 570 g/mol. The summed E-state index contributed by atoms with van der Waals surface area (Å²) in [6.07, 6.45) is 8.84. The minimum Gasteiger partial charge on any atom is -0.394 e. The smallest absolute Gasteiger partial charge is 0.249 e. The molecule has 9 unspecified atom stereocenters. The molecule has 0 aromatic heterocycles. The topological polar surface area (TPSA) is 189 Å². The summed E-state index contributed by atoms with van der Waals surface area (Å²) in [6, 6.07) is -1.16. The highest BCUT2D eigenvalue weighted by Crippen LogP contribution is 2.23. The average molecular weight is 634 g/mol. The Morgan fingerprint density at radius 1 is 0.773 bits per heavy atom. The first-order valence-electron chi connectivity index (χ1n) is 17.1. The molecule has 0 radical (unpaired) electrons. The third-order valence-electron chi connectivity index (χ3n) is 8.32. The standard InChI is InChI=1S/C33H63NO10/c1-3-5-7-9-11-13-15-17-19-21-26(37)32(42)34-24(23-43-33-31(41)30(40)29(39)27(22-35)44-33)28(38)25(36)20-18-16-14-12-10-8-6-4-2/h9,11,24-31,33,35-41H,3-8,10,12-23H2,1-2H3,(H,34,42)/b11-9-. The van der Waals surface area contributed by atoms with E-state index in [1.165, 1.54) is 38.5 Å². The Hall–Kier alpha value is -1.15. The van der Waals surface area contributed by atoms with E-state index in [-0.39, 0.29) is 6.42 Å². The Morgan fingerprint density at radius 3 is 1.98 bits per heavy atom. The van der Waals surface area contributed by atoms with Crippen molar-refractivity contribution in [3.8, 4) is 0 Å². The molecule has 1 rings (SSSR count). The third kappa shape index (κ3) is 16.4. The predicted molar refractivity (Wildman–Crippen MR) is 169 cm³/mol. The number of amides is 1. The van der Waals surface area contributed by atoms with Gasteiger partial charge >= 0.3 is 0 Å². The predicted octanol–water partition coefficient (Wildman–Crippen LogP) is 2.60. The molecule has 1 saturated heterocycles. The summed E-state index contributed by atoms with van der Waals surface area (Å²) >= 11 is 0. The molecule has 1 heterocycles. The minimum atomic E-state index is -1.66. The Kier molecular flexibility index (Phi) is 23.2. The zero-order chi connectivity index (χ0) is 32.7. The molecule has 0 saturated carbocycles. The van der Waals surface area contributed by atoms with Gasteiger partial charge in [0.15, 0.2) is 6.29 Å². The normalized spacial score (nSPS) is 25.2. The van der Waals surface area contributed by atoms with E-state index in [2.05, 4.69) is 31.3 Å². The summed E-state index contributed by atoms with van der Waals surface area (Å²) in [5, 5.41) is 74.6. The quantitative estimate of drug-likeness (QED) is 0.0519. The summed E-state index contributed by atoms with van der Waals surface area (Å²) in [5.41, 5.74) is 0. The number of aliphatic hydroxyl groups excluding tert-OH is 7. The van der Waals surface area contributed by atoms with E-state index in [1.54, 1.807) is 0 Å². The summed E-state index contributed by atoms with van der Waals surface area (Å²) in [5.74, 6) is -0.717. The van der Waals surface area contributed by atoms with Gasteiger partial charge in [0.25, 0.3) is 0 Å². The van der Waals surface area contributed by atoms with Gasteiger partial charge in [0.05, 0.1) is 25.4 Å². The van der Waals surface area contributed by atoms with E-state index in [0.29, 0.717) is 19.3 Å². The van der Waals surface area contributed by atoms with Gasteiger partial charge in [0.2, 0.25) is 5.91 Å². The molecule has 1 aliphatic heterocycles. The van der Waals surface area contributed by atoms with Crippen molar-refractivity contribution < 1.29 is 50.0 Å². The van der Waals surface area contributed by atoms with E-state index in [4.69, 9.17) is 9.47 Å². The van der Waals surface area contributed by atoms with Crippen LogP contribution in [0.25, 0.3) is 0 Å².